The van der Waals surface area contributed by atoms with Gasteiger partial charge in [-0.2, -0.15) is 0 Å². The zero-order valence-corrected chi connectivity index (χ0v) is 13.3. The third kappa shape index (κ3) is 2.63. The van der Waals surface area contributed by atoms with Crippen molar-refractivity contribution in [2.45, 2.75) is 26.2 Å². The number of rotatable bonds is 2. The summed E-state index contributed by atoms with van der Waals surface area (Å²) in [5.41, 5.74) is 3.93. The molecule has 0 amide bonds. The van der Waals surface area contributed by atoms with Gasteiger partial charge < -0.3 is 10.1 Å². The van der Waals surface area contributed by atoms with Crippen LogP contribution >= 0.6 is 0 Å². The van der Waals surface area contributed by atoms with Gasteiger partial charge in [0.15, 0.2) is 11.0 Å². The standard InChI is InChI=1S/C18H20N4O/c1-12-19-16-11-15(13-6-5-7-14(23)10-13)21-17(16)18(20-12)22-8-3-2-4-9-22/h5-7,10-11,21,23H,2-4,8-9H2,1H3/p+1. The van der Waals surface area contributed by atoms with Crippen LogP contribution in [-0.4, -0.2) is 28.2 Å². The molecule has 1 aliphatic heterocycles. The molecule has 2 aromatic heterocycles. The van der Waals surface area contributed by atoms with Crippen molar-refractivity contribution in [3.8, 4) is 17.0 Å². The lowest BCUT2D eigenvalue weighted by Crippen LogP contribution is -2.35. The van der Waals surface area contributed by atoms with Gasteiger partial charge >= 0.3 is 0 Å². The highest BCUT2D eigenvalue weighted by atomic mass is 16.3. The number of benzene rings is 1. The number of nitrogens with one attached hydrogen (secondary N) is 2. The van der Waals surface area contributed by atoms with E-state index in [0.717, 1.165) is 47.0 Å². The summed E-state index contributed by atoms with van der Waals surface area (Å²) in [5, 5.41) is 9.71. The Labute approximate surface area is 135 Å². The Hall–Kier alpha value is -2.56. The van der Waals surface area contributed by atoms with Crippen molar-refractivity contribution >= 4 is 16.9 Å². The Morgan fingerprint density at radius 1 is 1.17 bits per heavy atom. The smallest absolute Gasteiger partial charge is 0.249 e. The second kappa shape index (κ2) is 5.57. The number of piperidine rings is 1. The molecule has 23 heavy (non-hydrogen) atoms. The van der Waals surface area contributed by atoms with Crippen LogP contribution in [0.25, 0.3) is 22.3 Å². The van der Waals surface area contributed by atoms with Crippen LogP contribution < -0.4 is 9.88 Å². The van der Waals surface area contributed by atoms with E-state index < -0.39 is 0 Å². The van der Waals surface area contributed by atoms with Gasteiger partial charge in [0.2, 0.25) is 11.6 Å². The van der Waals surface area contributed by atoms with Crippen LogP contribution in [0.3, 0.4) is 0 Å². The summed E-state index contributed by atoms with van der Waals surface area (Å²) in [4.78, 5) is 13.9. The molecule has 1 saturated heterocycles. The molecule has 0 bridgehead atoms. The first-order valence-corrected chi connectivity index (χ1v) is 8.18. The van der Waals surface area contributed by atoms with Crippen LogP contribution in [0.15, 0.2) is 30.3 Å². The lowest BCUT2D eigenvalue weighted by atomic mass is 10.1. The predicted molar refractivity (Wildman–Crippen MR) is 90.6 cm³/mol. The first-order valence-electron chi connectivity index (χ1n) is 8.18. The van der Waals surface area contributed by atoms with Gasteiger partial charge in [0.05, 0.1) is 13.1 Å². The molecule has 0 unspecified atom stereocenters. The Bertz CT molecular complexity index is 849. The van der Waals surface area contributed by atoms with Gasteiger partial charge in [0, 0.05) is 24.2 Å². The maximum absolute atomic E-state index is 9.71. The van der Waals surface area contributed by atoms with Crippen LogP contribution in [0.5, 0.6) is 5.75 Å². The molecule has 5 nitrogen and oxygen atoms in total. The highest BCUT2D eigenvalue weighted by Crippen LogP contribution is 2.29. The summed E-state index contributed by atoms with van der Waals surface area (Å²) in [5.74, 6) is 2.31. The number of hydrogen-bond acceptors (Lipinski definition) is 3. The van der Waals surface area contributed by atoms with E-state index in [1.54, 1.807) is 12.1 Å². The Balaban J connectivity index is 1.84. The number of phenols is 1. The fourth-order valence-corrected chi connectivity index (χ4v) is 3.34. The maximum Gasteiger partial charge on any atom is 0.249 e. The van der Waals surface area contributed by atoms with E-state index >= 15 is 0 Å². The largest absolute Gasteiger partial charge is 0.508 e. The highest BCUT2D eigenvalue weighted by molar-refractivity contribution is 5.89. The molecule has 118 valence electrons. The lowest BCUT2D eigenvalue weighted by molar-refractivity contribution is -0.377. The molecule has 1 aromatic carbocycles. The van der Waals surface area contributed by atoms with Gasteiger partial charge in [0.1, 0.15) is 5.75 Å². The van der Waals surface area contributed by atoms with Gasteiger partial charge in [-0.3, -0.25) is 4.90 Å². The molecule has 5 heteroatoms. The number of anilines is 1. The summed E-state index contributed by atoms with van der Waals surface area (Å²) in [6.45, 7) is 4.15. The van der Waals surface area contributed by atoms with Crippen molar-refractivity contribution in [1.82, 2.24) is 9.97 Å². The number of fused-ring (bicyclic) bond motifs is 1. The van der Waals surface area contributed by atoms with E-state index in [0.29, 0.717) is 0 Å². The van der Waals surface area contributed by atoms with Gasteiger partial charge in [0.25, 0.3) is 0 Å². The van der Waals surface area contributed by atoms with Crippen molar-refractivity contribution in [2.75, 3.05) is 18.0 Å². The average Bonchev–Trinajstić information content (AvgIpc) is 2.99. The fourth-order valence-electron chi connectivity index (χ4n) is 3.34. The van der Waals surface area contributed by atoms with Crippen LogP contribution in [0.2, 0.25) is 0 Å². The van der Waals surface area contributed by atoms with Crippen molar-refractivity contribution < 1.29 is 10.1 Å². The minimum absolute atomic E-state index is 0.271. The molecule has 0 atom stereocenters. The molecule has 0 radical (unpaired) electrons. The predicted octanol–water partition coefficient (Wildman–Crippen LogP) is 3.05. The Kier molecular flexibility index (Phi) is 3.41. The molecule has 0 spiro atoms. The number of aromatic hydroxyl groups is 1. The summed E-state index contributed by atoms with van der Waals surface area (Å²) < 4.78 is 0. The molecular weight excluding hydrogens is 288 g/mol. The Morgan fingerprint density at radius 3 is 2.78 bits per heavy atom. The van der Waals surface area contributed by atoms with Gasteiger partial charge in [-0.1, -0.05) is 12.1 Å². The molecule has 1 fully saturated rings. The van der Waals surface area contributed by atoms with Gasteiger partial charge in [-0.05, 0) is 31.4 Å². The molecule has 0 saturated carbocycles. The first-order chi connectivity index (χ1) is 11.2. The molecule has 1 aliphatic rings. The van der Waals surface area contributed by atoms with Gasteiger partial charge in [-0.15, -0.1) is 4.98 Å². The Morgan fingerprint density at radius 2 is 2.00 bits per heavy atom. The average molecular weight is 309 g/mol. The summed E-state index contributed by atoms with van der Waals surface area (Å²) >= 11 is 0. The van der Waals surface area contributed by atoms with Crippen molar-refractivity contribution in [2.24, 2.45) is 0 Å². The van der Waals surface area contributed by atoms with Crippen molar-refractivity contribution in [3.63, 3.8) is 0 Å². The number of aryl methyl sites for hydroxylation is 1. The number of nitrogens with zero attached hydrogens (tertiary/aromatic N) is 2. The second-order valence-corrected chi connectivity index (χ2v) is 6.21. The number of hydrogen-bond donors (Lipinski definition) is 2. The maximum atomic E-state index is 9.71. The molecule has 3 heterocycles. The SMILES string of the molecule is Cc1nc2cc(-c3cccc(O)c3)[nH]c2c(N2CCCCC2)[nH+]1. The van der Waals surface area contributed by atoms with Crippen LogP contribution in [0, 0.1) is 6.92 Å². The van der Waals surface area contributed by atoms with E-state index in [4.69, 9.17) is 0 Å². The molecule has 3 aromatic rings. The lowest BCUT2D eigenvalue weighted by Gasteiger charge is -2.23. The van der Waals surface area contributed by atoms with E-state index in [2.05, 4.69) is 25.9 Å². The normalized spacial score (nSPS) is 15.3. The molecular formula is C18H21N4O+. The highest BCUT2D eigenvalue weighted by Gasteiger charge is 2.23. The van der Waals surface area contributed by atoms with Crippen molar-refractivity contribution in [3.05, 3.63) is 36.2 Å². The van der Waals surface area contributed by atoms with Gasteiger partial charge in [-0.25, -0.2) is 4.98 Å². The number of phenolic OH excluding ortho intramolecular Hbond substituents is 1. The van der Waals surface area contributed by atoms with Crippen LogP contribution in [0.4, 0.5) is 5.82 Å². The van der Waals surface area contributed by atoms with E-state index in [-0.39, 0.29) is 5.75 Å². The number of aromatic nitrogens is 3. The zero-order chi connectivity index (χ0) is 15.8. The number of aromatic amines is 2. The van der Waals surface area contributed by atoms with E-state index in [9.17, 15) is 5.11 Å². The zero-order valence-electron chi connectivity index (χ0n) is 13.3. The quantitative estimate of drug-likeness (QED) is 0.764. The molecule has 0 aliphatic carbocycles. The minimum Gasteiger partial charge on any atom is -0.508 e. The third-order valence-corrected chi connectivity index (χ3v) is 4.45. The first kappa shape index (κ1) is 14.1. The van der Waals surface area contributed by atoms with Crippen LogP contribution in [-0.2, 0) is 0 Å². The summed E-state index contributed by atoms with van der Waals surface area (Å²) in [6, 6.07) is 9.34. The van der Waals surface area contributed by atoms with E-state index in [1.807, 2.05) is 19.1 Å². The molecule has 3 N–H and O–H groups in total. The second-order valence-electron chi connectivity index (χ2n) is 6.21. The number of H-pyrrole nitrogens is 2. The summed E-state index contributed by atoms with van der Waals surface area (Å²) in [6.07, 6.45) is 3.77. The monoisotopic (exact) mass is 309 g/mol. The minimum atomic E-state index is 0.271. The topological polar surface area (TPSA) is 66.3 Å². The van der Waals surface area contributed by atoms with Crippen molar-refractivity contribution in [1.29, 1.82) is 0 Å². The fraction of sp³-hybridized carbons (Fsp3) is 0.333. The molecule has 4 rings (SSSR count). The third-order valence-electron chi connectivity index (χ3n) is 4.45. The van der Waals surface area contributed by atoms with Crippen LogP contribution in [0.1, 0.15) is 25.1 Å². The summed E-state index contributed by atoms with van der Waals surface area (Å²) in [7, 11) is 0. The van der Waals surface area contributed by atoms with E-state index in [1.165, 1.54) is 19.3 Å².